The highest BCUT2D eigenvalue weighted by Gasteiger charge is 2.37. The van der Waals surface area contributed by atoms with Crippen molar-refractivity contribution in [1.29, 1.82) is 0 Å². The summed E-state index contributed by atoms with van der Waals surface area (Å²) in [6.07, 6.45) is -0.0302. The molecule has 11 heteroatoms. The minimum atomic E-state index is -0.981. The molecule has 2 unspecified atom stereocenters. The molecule has 1 N–H and O–H groups in total. The number of aromatic nitrogens is 2. The molecule has 1 aliphatic rings. The topological polar surface area (TPSA) is 122 Å². The van der Waals surface area contributed by atoms with E-state index in [-0.39, 0.29) is 23.4 Å². The molecule has 0 radical (unpaired) electrons. The summed E-state index contributed by atoms with van der Waals surface area (Å²) in [6.45, 7) is 2.17. The molecule has 1 aliphatic heterocycles. The molecule has 144 valence electrons. The van der Waals surface area contributed by atoms with Crippen LogP contribution in [0.25, 0.3) is 0 Å². The number of carbonyl (C=O) groups excluding carboxylic acids is 1. The quantitative estimate of drug-likeness (QED) is 0.566. The Bertz CT molecular complexity index is 844. The molecule has 27 heavy (non-hydrogen) atoms. The van der Waals surface area contributed by atoms with E-state index in [0.717, 1.165) is 17.8 Å². The number of nitrogens with zero attached hydrogens (tertiary/aromatic N) is 5. The first-order chi connectivity index (χ1) is 12.9. The summed E-state index contributed by atoms with van der Waals surface area (Å²) in [5.41, 5.74) is -0.0606. The summed E-state index contributed by atoms with van der Waals surface area (Å²) in [6, 6.07) is 5.59. The van der Waals surface area contributed by atoms with Gasteiger partial charge in [-0.2, -0.15) is 0 Å². The van der Waals surface area contributed by atoms with Crippen LogP contribution in [0.3, 0.4) is 0 Å². The van der Waals surface area contributed by atoms with E-state index in [4.69, 9.17) is 4.74 Å². The van der Waals surface area contributed by atoms with Crippen LogP contribution in [0.1, 0.15) is 30.9 Å². The first-order valence-corrected chi connectivity index (χ1v) is 9.19. The lowest BCUT2D eigenvalue weighted by Crippen LogP contribution is -2.34. The molecule has 1 saturated heterocycles. The standard InChI is InChI=1S/C16H19N5O5S/c1-3-5-12(26-11-7-4-6-10(8-11)21(24)25)14-17-18-15(27-14)20-13(22)9-19(2)16(20)23/h4,6-8,12-13,22H,3,5,9H2,1-2H3. The van der Waals surface area contributed by atoms with Crippen molar-refractivity contribution in [3.05, 3.63) is 39.4 Å². The van der Waals surface area contributed by atoms with Gasteiger partial charge in [-0.3, -0.25) is 10.1 Å². The number of aliphatic hydroxyl groups is 1. The van der Waals surface area contributed by atoms with Crippen molar-refractivity contribution in [3.8, 4) is 5.75 Å². The van der Waals surface area contributed by atoms with E-state index in [1.54, 1.807) is 19.2 Å². The number of anilines is 1. The zero-order valence-electron chi connectivity index (χ0n) is 14.8. The number of hydrogen-bond donors (Lipinski definition) is 1. The lowest BCUT2D eigenvalue weighted by molar-refractivity contribution is -0.385. The zero-order valence-corrected chi connectivity index (χ0v) is 15.6. The SMILES string of the molecule is CCCC(Oc1cccc([N+](=O)[O-])c1)c1nnc(N2C(=O)N(C)CC2O)s1. The molecule has 1 aromatic carbocycles. The molecule has 2 atom stereocenters. The van der Waals surface area contributed by atoms with Crippen molar-refractivity contribution in [1.82, 2.24) is 15.1 Å². The molecular formula is C16H19N5O5S. The molecule has 1 aromatic heterocycles. The third-order valence-corrected chi connectivity index (χ3v) is 5.05. The van der Waals surface area contributed by atoms with Gasteiger partial charge in [0.05, 0.1) is 17.5 Å². The molecular weight excluding hydrogens is 374 g/mol. The number of nitro benzene ring substituents is 1. The third kappa shape index (κ3) is 3.98. The van der Waals surface area contributed by atoms with E-state index in [2.05, 4.69) is 10.2 Å². The van der Waals surface area contributed by atoms with Gasteiger partial charge in [0.2, 0.25) is 5.13 Å². The molecule has 2 heterocycles. The molecule has 1 fully saturated rings. The maximum absolute atomic E-state index is 12.1. The van der Waals surface area contributed by atoms with Gasteiger partial charge in [0.25, 0.3) is 5.69 Å². The number of rotatable bonds is 7. The van der Waals surface area contributed by atoms with Crippen LogP contribution in [0.15, 0.2) is 24.3 Å². The van der Waals surface area contributed by atoms with E-state index < -0.39 is 17.3 Å². The van der Waals surface area contributed by atoms with Crippen molar-refractivity contribution < 1.29 is 19.6 Å². The van der Waals surface area contributed by atoms with Gasteiger partial charge < -0.3 is 14.7 Å². The number of aliphatic hydroxyl groups excluding tert-OH is 1. The van der Waals surface area contributed by atoms with E-state index in [9.17, 15) is 20.0 Å². The number of urea groups is 1. The average molecular weight is 393 g/mol. The second-order valence-corrected chi connectivity index (χ2v) is 7.07. The Labute approximate surface area is 159 Å². The average Bonchev–Trinajstić information content (AvgIpc) is 3.19. The summed E-state index contributed by atoms with van der Waals surface area (Å²) in [5, 5.41) is 30.0. The Morgan fingerprint density at radius 3 is 2.89 bits per heavy atom. The highest BCUT2D eigenvalue weighted by molar-refractivity contribution is 7.15. The number of hydrogen-bond acceptors (Lipinski definition) is 8. The lowest BCUT2D eigenvalue weighted by Gasteiger charge is -2.16. The van der Waals surface area contributed by atoms with Gasteiger partial charge in [0.1, 0.15) is 5.75 Å². The Kier molecular flexibility index (Phi) is 5.51. The minimum absolute atomic E-state index is 0.0606. The van der Waals surface area contributed by atoms with Crippen LogP contribution in [0.4, 0.5) is 15.6 Å². The van der Waals surface area contributed by atoms with Crippen LogP contribution in [0.2, 0.25) is 0 Å². The number of β-amino-alcohol motifs (C(OH)–C–C–N with tert-alkyl or cyclic N) is 1. The van der Waals surface area contributed by atoms with Crippen LogP contribution in [0.5, 0.6) is 5.75 Å². The molecule has 0 aliphatic carbocycles. The van der Waals surface area contributed by atoms with Crippen LogP contribution >= 0.6 is 11.3 Å². The fraction of sp³-hybridized carbons (Fsp3) is 0.438. The first kappa shape index (κ1) is 19.0. The highest BCUT2D eigenvalue weighted by Crippen LogP contribution is 2.34. The van der Waals surface area contributed by atoms with Crippen LogP contribution < -0.4 is 9.64 Å². The highest BCUT2D eigenvalue weighted by atomic mass is 32.1. The number of carbonyl (C=O) groups is 1. The Hall–Kier alpha value is -2.79. The monoisotopic (exact) mass is 393 g/mol. The number of benzene rings is 1. The molecule has 2 amide bonds. The summed E-state index contributed by atoms with van der Waals surface area (Å²) < 4.78 is 5.91. The maximum Gasteiger partial charge on any atom is 0.328 e. The van der Waals surface area contributed by atoms with Gasteiger partial charge in [-0.05, 0) is 12.5 Å². The molecule has 0 saturated carbocycles. The summed E-state index contributed by atoms with van der Waals surface area (Å²) in [7, 11) is 1.60. The number of likely N-dealkylation sites (N-methyl/N-ethyl adjacent to an activating group) is 1. The molecule has 3 rings (SSSR count). The molecule has 10 nitrogen and oxygen atoms in total. The molecule has 0 bridgehead atoms. The van der Waals surface area contributed by atoms with Crippen molar-refractivity contribution in [2.75, 3.05) is 18.5 Å². The predicted molar refractivity (Wildman–Crippen MR) is 97.8 cm³/mol. The van der Waals surface area contributed by atoms with Crippen molar-refractivity contribution in [2.45, 2.75) is 32.1 Å². The van der Waals surface area contributed by atoms with E-state index in [1.165, 1.54) is 21.9 Å². The number of amides is 2. The van der Waals surface area contributed by atoms with Gasteiger partial charge >= 0.3 is 6.03 Å². The van der Waals surface area contributed by atoms with E-state index in [1.807, 2.05) is 6.92 Å². The Morgan fingerprint density at radius 1 is 1.48 bits per heavy atom. The van der Waals surface area contributed by atoms with E-state index in [0.29, 0.717) is 17.2 Å². The van der Waals surface area contributed by atoms with Crippen LogP contribution in [-0.4, -0.2) is 51.0 Å². The van der Waals surface area contributed by atoms with Crippen LogP contribution in [0, 0.1) is 10.1 Å². The summed E-state index contributed by atoms with van der Waals surface area (Å²) >= 11 is 1.15. The predicted octanol–water partition coefficient (Wildman–Crippen LogP) is 2.56. The minimum Gasteiger partial charge on any atom is -0.483 e. The largest absolute Gasteiger partial charge is 0.483 e. The number of ether oxygens (including phenoxy) is 1. The zero-order chi connectivity index (χ0) is 19.6. The number of nitro groups is 1. The fourth-order valence-electron chi connectivity index (χ4n) is 2.71. The normalized spacial score (nSPS) is 18.0. The summed E-state index contributed by atoms with van der Waals surface area (Å²) in [5.74, 6) is 0.358. The second kappa shape index (κ2) is 7.84. The Morgan fingerprint density at radius 2 is 2.26 bits per heavy atom. The van der Waals surface area contributed by atoms with Crippen molar-refractivity contribution >= 4 is 28.2 Å². The molecule has 2 aromatic rings. The first-order valence-electron chi connectivity index (χ1n) is 8.37. The Balaban J connectivity index is 1.82. The lowest BCUT2D eigenvalue weighted by atomic mass is 10.2. The fourth-order valence-corrected chi connectivity index (χ4v) is 3.65. The van der Waals surface area contributed by atoms with Crippen molar-refractivity contribution in [3.63, 3.8) is 0 Å². The molecule has 0 spiro atoms. The van der Waals surface area contributed by atoms with Gasteiger partial charge in [-0.15, -0.1) is 10.2 Å². The third-order valence-electron chi connectivity index (χ3n) is 4.04. The van der Waals surface area contributed by atoms with E-state index >= 15 is 0 Å². The van der Waals surface area contributed by atoms with Gasteiger partial charge in [-0.1, -0.05) is 30.7 Å². The smallest absolute Gasteiger partial charge is 0.328 e. The van der Waals surface area contributed by atoms with Gasteiger partial charge in [-0.25, -0.2) is 9.69 Å². The number of non-ortho nitro benzene ring substituents is 1. The van der Waals surface area contributed by atoms with Crippen molar-refractivity contribution in [2.24, 2.45) is 0 Å². The van der Waals surface area contributed by atoms with Crippen LogP contribution in [-0.2, 0) is 0 Å². The summed E-state index contributed by atoms with van der Waals surface area (Å²) in [4.78, 5) is 25.2. The maximum atomic E-state index is 12.1. The van der Waals surface area contributed by atoms with Gasteiger partial charge in [0, 0.05) is 13.1 Å². The van der Waals surface area contributed by atoms with Gasteiger partial charge in [0.15, 0.2) is 17.3 Å². The second-order valence-electron chi connectivity index (χ2n) is 6.09.